The van der Waals surface area contributed by atoms with Crippen LogP contribution in [0.4, 0.5) is 0 Å². The van der Waals surface area contributed by atoms with E-state index in [4.69, 9.17) is 14.5 Å². The van der Waals surface area contributed by atoms with E-state index in [1.54, 1.807) is 10.6 Å². The number of carbonyl (C=O) groups is 1. The van der Waals surface area contributed by atoms with Crippen LogP contribution >= 0.6 is 24.2 Å². The van der Waals surface area contributed by atoms with E-state index in [1.807, 2.05) is 79.4 Å². The number of hydrogen-bond acceptors (Lipinski definition) is 7. The van der Waals surface area contributed by atoms with Gasteiger partial charge in [-0.05, 0) is 43.9 Å². The number of morpholine rings is 1. The number of nitrogens with zero attached hydrogens (tertiary/aromatic N) is 3. The Hall–Kier alpha value is -3.11. The fourth-order valence-corrected chi connectivity index (χ4v) is 4.88. The lowest BCUT2D eigenvalue weighted by Crippen LogP contribution is -2.30. The van der Waals surface area contributed by atoms with Crippen molar-refractivity contribution in [2.45, 2.75) is 32.1 Å². The quantitative estimate of drug-likeness (QED) is 0.187. The Balaban J connectivity index is 0.000000531. The molecule has 2 aromatic heterocycles. The molecule has 1 aliphatic rings. The van der Waals surface area contributed by atoms with Crippen LogP contribution < -0.4 is 15.6 Å². The molecule has 0 bridgehead atoms. The van der Waals surface area contributed by atoms with Gasteiger partial charge in [0.25, 0.3) is 5.56 Å². The summed E-state index contributed by atoms with van der Waals surface area (Å²) in [5, 5.41) is 4.48. The van der Waals surface area contributed by atoms with Crippen molar-refractivity contribution in [1.29, 1.82) is 0 Å². The molecule has 10 heteroatoms. The molecule has 1 saturated heterocycles. The Morgan fingerprint density at radius 2 is 1.79 bits per heavy atom. The number of para-hydroxylation sites is 1. The zero-order valence-corrected chi connectivity index (χ0v) is 24.1. The lowest BCUT2D eigenvalue weighted by molar-refractivity contribution is 0.103. The molecule has 0 amide bonds. The third-order valence-corrected chi connectivity index (χ3v) is 6.86. The Labute approximate surface area is 239 Å². The molecular formula is C29H35ClN4O4S. The van der Waals surface area contributed by atoms with E-state index in [0.29, 0.717) is 52.8 Å². The second-order valence-corrected chi connectivity index (χ2v) is 9.42. The predicted octanol–water partition coefficient (Wildman–Crippen LogP) is 4.65. The van der Waals surface area contributed by atoms with Crippen LogP contribution in [0.2, 0.25) is 0 Å². The lowest BCUT2D eigenvalue weighted by Gasteiger charge is -2.11. The first-order valence-corrected chi connectivity index (χ1v) is 14.1. The number of aromatic nitrogens is 3. The van der Waals surface area contributed by atoms with E-state index in [1.165, 1.54) is 11.8 Å². The highest BCUT2D eigenvalue weighted by atomic mass is 35.5. The molecule has 0 radical (unpaired) electrons. The molecule has 4 aromatic rings. The number of nitrogens with one attached hydrogen (secondary N) is 1. The first-order chi connectivity index (χ1) is 18.6. The highest BCUT2D eigenvalue weighted by molar-refractivity contribution is 7.98. The van der Waals surface area contributed by atoms with Gasteiger partial charge in [-0.25, -0.2) is 4.98 Å². The summed E-state index contributed by atoms with van der Waals surface area (Å²) < 4.78 is 14.3. The van der Waals surface area contributed by atoms with E-state index < -0.39 is 0 Å². The van der Waals surface area contributed by atoms with E-state index in [9.17, 15) is 9.59 Å². The van der Waals surface area contributed by atoms with Crippen molar-refractivity contribution >= 4 is 41.0 Å². The molecule has 39 heavy (non-hydrogen) atoms. The second kappa shape index (κ2) is 14.9. The van der Waals surface area contributed by atoms with Crippen molar-refractivity contribution in [3.8, 4) is 5.75 Å². The Bertz CT molecular complexity index is 1420. The largest absolute Gasteiger partial charge is 0.493 e. The molecule has 5 rings (SSSR count). The molecule has 2 aromatic carbocycles. The molecule has 1 fully saturated rings. The fraction of sp³-hybridized carbons (Fsp3) is 0.345. The molecule has 3 heterocycles. The number of carbonyl (C=O) groups excluding carboxylic acids is 1. The Morgan fingerprint density at radius 1 is 1.08 bits per heavy atom. The van der Waals surface area contributed by atoms with Crippen LogP contribution in [0.1, 0.15) is 35.3 Å². The zero-order chi connectivity index (χ0) is 26.9. The maximum Gasteiger partial charge on any atom is 0.263 e. The van der Waals surface area contributed by atoms with Gasteiger partial charge in [-0.3, -0.25) is 14.2 Å². The first kappa shape index (κ1) is 30.4. The van der Waals surface area contributed by atoms with E-state index >= 15 is 0 Å². The minimum Gasteiger partial charge on any atom is -0.493 e. The molecule has 0 unspecified atom stereocenters. The van der Waals surface area contributed by atoms with E-state index in [-0.39, 0.29) is 23.7 Å². The molecule has 0 saturated carbocycles. The summed E-state index contributed by atoms with van der Waals surface area (Å²) in [4.78, 5) is 30.5. The zero-order valence-electron chi connectivity index (χ0n) is 22.5. The van der Waals surface area contributed by atoms with Gasteiger partial charge in [-0.15, -0.1) is 12.4 Å². The number of rotatable bonds is 8. The van der Waals surface area contributed by atoms with Crippen LogP contribution in [-0.4, -0.2) is 59.1 Å². The number of ether oxygens (including phenoxy) is 2. The highest BCUT2D eigenvalue weighted by Gasteiger charge is 2.15. The molecule has 0 spiro atoms. The molecule has 8 nitrogen and oxygen atoms in total. The SMILES string of the molecule is C1COCCN1.CCOc1ccccc1C(=O)c1ccc(Cn2ccc3c(=O)n(CC)c(SC)nc32)cc1.Cl. The van der Waals surface area contributed by atoms with Gasteiger partial charge in [0.2, 0.25) is 0 Å². The van der Waals surface area contributed by atoms with Crippen molar-refractivity contribution in [3.05, 3.63) is 87.8 Å². The van der Waals surface area contributed by atoms with Gasteiger partial charge in [0.15, 0.2) is 10.9 Å². The van der Waals surface area contributed by atoms with Crippen molar-refractivity contribution in [1.82, 2.24) is 19.4 Å². The summed E-state index contributed by atoms with van der Waals surface area (Å²) in [6.07, 6.45) is 3.81. The smallest absolute Gasteiger partial charge is 0.263 e. The van der Waals surface area contributed by atoms with Crippen LogP contribution in [0, 0.1) is 0 Å². The van der Waals surface area contributed by atoms with Crippen LogP contribution in [-0.2, 0) is 17.8 Å². The summed E-state index contributed by atoms with van der Waals surface area (Å²) in [7, 11) is 0. The number of ketones is 1. The van der Waals surface area contributed by atoms with Gasteiger partial charge in [0.1, 0.15) is 11.4 Å². The normalized spacial score (nSPS) is 12.8. The van der Waals surface area contributed by atoms with E-state index in [2.05, 4.69) is 5.32 Å². The van der Waals surface area contributed by atoms with Crippen LogP contribution in [0.5, 0.6) is 5.75 Å². The second-order valence-electron chi connectivity index (χ2n) is 8.65. The molecule has 1 aliphatic heterocycles. The maximum absolute atomic E-state index is 13.0. The maximum atomic E-state index is 13.0. The fourth-order valence-electron chi connectivity index (χ4n) is 4.27. The van der Waals surface area contributed by atoms with E-state index in [0.717, 1.165) is 31.9 Å². The van der Waals surface area contributed by atoms with Gasteiger partial charge in [-0.1, -0.05) is 48.2 Å². The van der Waals surface area contributed by atoms with Gasteiger partial charge in [0.05, 0.1) is 30.8 Å². The third kappa shape index (κ3) is 7.30. The van der Waals surface area contributed by atoms with Gasteiger partial charge in [-0.2, -0.15) is 0 Å². The van der Waals surface area contributed by atoms with Crippen molar-refractivity contribution in [2.75, 3.05) is 39.2 Å². The topological polar surface area (TPSA) is 87.4 Å². The number of thioether (sulfide) groups is 1. The number of halogens is 1. The highest BCUT2D eigenvalue weighted by Crippen LogP contribution is 2.22. The molecule has 0 atom stereocenters. The molecule has 0 aliphatic carbocycles. The number of fused-ring (bicyclic) bond motifs is 1. The molecular weight excluding hydrogens is 536 g/mol. The summed E-state index contributed by atoms with van der Waals surface area (Å²) in [5.74, 6) is 0.523. The Kier molecular flexibility index (Phi) is 11.6. The third-order valence-electron chi connectivity index (χ3n) is 6.19. The minimum absolute atomic E-state index is 0. The van der Waals surface area contributed by atoms with Crippen molar-refractivity contribution in [3.63, 3.8) is 0 Å². The Morgan fingerprint density at radius 3 is 2.38 bits per heavy atom. The number of benzene rings is 2. The predicted molar refractivity (Wildman–Crippen MR) is 159 cm³/mol. The summed E-state index contributed by atoms with van der Waals surface area (Å²) in [5.41, 5.74) is 2.83. The lowest BCUT2D eigenvalue weighted by atomic mass is 10.0. The van der Waals surface area contributed by atoms with Gasteiger partial charge < -0.3 is 19.4 Å². The molecule has 208 valence electrons. The molecule has 1 N–H and O–H groups in total. The number of hydrogen-bond donors (Lipinski definition) is 1. The van der Waals surface area contributed by atoms with Crippen LogP contribution in [0.3, 0.4) is 0 Å². The van der Waals surface area contributed by atoms with Gasteiger partial charge >= 0.3 is 0 Å². The van der Waals surface area contributed by atoms with Gasteiger partial charge in [0, 0.05) is 37.9 Å². The first-order valence-electron chi connectivity index (χ1n) is 12.8. The summed E-state index contributed by atoms with van der Waals surface area (Å²) in [6.45, 7) is 9.33. The van der Waals surface area contributed by atoms with Crippen LogP contribution in [0.15, 0.2) is 70.7 Å². The summed E-state index contributed by atoms with van der Waals surface area (Å²) in [6, 6.07) is 16.6. The average Bonchev–Trinajstić information content (AvgIpc) is 3.37. The monoisotopic (exact) mass is 570 g/mol. The summed E-state index contributed by atoms with van der Waals surface area (Å²) >= 11 is 1.47. The standard InChI is InChI=1S/C25H25N3O3S.C4H9NO.ClH/c1-4-28-24(30)20-14-15-27(23(20)26-25(28)32-3)16-17-10-12-18(13-11-17)22(29)19-8-6-7-9-21(19)31-5-2;1-3-6-4-2-5-1;/h6-15H,4-5,16H2,1-3H3;5H,1-4H2;1H. The van der Waals surface area contributed by atoms with Crippen LogP contribution in [0.25, 0.3) is 11.0 Å². The average molecular weight is 571 g/mol. The van der Waals surface area contributed by atoms with Crippen molar-refractivity contribution < 1.29 is 14.3 Å². The minimum atomic E-state index is -0.0709. The van der Waals surface area contributed by atoms with Crippen molar-refractivity contribution in [2.24, 2.45) is 0 Å².